The van der Waals surface area contributed by atoms with Gasteiger partial charge < -0.3 is 9.73 Å². The summed E-state index contributed by atoms with van der Waals surface area (Å²) in [6.45, 7) is 2.31. The number of carbonyl (C=O) groups excluding carboxylic acids is 1. The van der Waals surface area contributed by atoms with E-state index in [-0.39, 0.29) is 17.2 Å². The maximum atomic E-state index is 12.7. The maximum Gasteiger partial charge on any atom is 0.287 e. The van der Waals surface area contributed by atoms with Crippen molar-refractivity contribution >= 4 is 44.4 Å². The van der Waals surface area contributed by atoms with Crippen LogP contribution in [0.2, 0.25) is 5.02 Å². The number of amides is 1. The maximum absolute atomic E-state index is 12.7. The molecule has 0 bridgehead atoms. The Morgan fingerprint density at radius 2 is 1.93 bits per heavy atom. The number of hydrogen-bond acceptors (Lipinski definition) is 4. The van der Waals surface area contributed by atoms with E-state index < -0.39 is 5.91 Å². The molecule has 0 aliphatic carbocycles. The first-order valence-corrected chi connectivity index (χ1v) is 10.7. The minimum absolute atomic E-state index is 0.00385. The zero-order valence-electron chi connectivity index (χ0n) is 15.7. The molecule has 4 rings (SSSR count). The van der Waals surface area contributed by atoms with Gasteiger partial charge in [-0.1, -0.05) is 45.7 Å². The van der Waals surface area contributed by atoms with Crippen LogP contribution in [0.5, 0.6) is 0 Å². The summed E-state index contributed by atoms with van der Waals surface area (Å²) in [4.78, 5) is 27.5. The molecule has 1 atom stereocenters. The number of likely N-dealkylation sites (tertiary alicyclic amines) is 1. The molecule has 0 radical (unpaired) electrons. The van der Waals surface area contributed by atoms with E-state index in [9.17, 15) is 9.59 Å². The molecule has 1 N–H and O–H groups in total. The Hall–Kier alpha value is -2.15. The van der Waals surface area contributed by atoms with Gasteiger partial charge in [0.05, 0.1) is 11.4 Å². The Morgan fingerprint density at radius 1 is 1.17 bits per heavy atom. The Kier molecular flexibility index (Phi) is 6.04. The molecule has 1 saturated heterocycles. The second kappa shape index (κ2) is 8.69. The molecule has 5 nitrogen and oxygen atoms in total. The predicted molar refractivity (Wildman–Crippen MR) is 118 cm³/mol. The van der Waals surface area contributed by atoms with Gasteiger partial charge in [0.25, 0.3) is 5.91 Å². The third-order valence-corrected chi connectivity index (χ3v) is 6.05. The SMILES string of the molecule is O=C(NCC(c1ccccc1Cl)N1CCCC1)c1cc(=O)c2cc(Br)ccc2o1. The average molecular weight is 476 g/mol. The van der Waals surface area contributed by atoms with Gasteiger partial charge in [0.15, 0.2) is 11.2 Å². The molecule has 0 spiro atoms. The van der Waals surface area contributed by atoms with E-state index in [2.05, 4.69) is 26.1 Å². The second-order valence-corrected chi connectivity index (χ2v) is 8.43. The Bertz CT molecular complexity index is 1110. The number of rotatable bonds is 5. The Labute approximate surface area is 181 Å². The van der Waals surface area contributed by atoms with Gasteiger partial charge in [0, 0.05) is 22.1 Å². The number of hydrogen-bond donors (Lipinski definition) is 1. The summed E-state index contributed by atoms with van der Waals surface area (Å²) >= 11 is 9.77. The normalized spacial score (nSPS) is 15.5. The van der Waals surface area contributed by atoms with Crippen molar-refractivity contribution in [3.63, 3.8) is 0 Å². The second-order valence-electron chi connectivity index (χ2n) is 7.11. The topological polar surface area (TPSA) is 62.6 Å². The number of carbonyl (C=O) groups is 1. The highest BCUT2D eigenvalue weighted by molar-refractivity contribution is 9.10. The van der Waals surface area contributed by atoms with E-state index in [1.54, 1.807) is 18.2 Å². The first-order valence-electron chi connectivity index (χ1n) is 9.53. The van der Waals surface area contributed by atoms with Gasteiger partial charge in [0.2, 0.25) is 0 Å². The van der Waals surface area contributed by atoms with E-state index in [4.69, 9.17) is 16.0 Å². The lowest BCUT2D eigenvalue weighted by atomic mass is 10.1. The summed E-state index contributed by atoms with van der Waals surface area (Å²) < 4.78 is 6.45. The van der Waals surface area contributed by atoms with E-state index in [0.29, 0.717) is 22.5 Å². The summed E-state index contributed by atoms with van der Waals surface area (Å²) in [5.41, 5.74) is 1.12. The molecule has 2 heterocycles. The Morgan fingerprint density at radius 3 is 2.69 bits per heavy atom. The third kappa shape index (κ3) is 4.39. The monoisotopic (exact) mass is 474 g/mol. The molecule has 1 amide bonds. The Balaban J connectivity index is 1.57. The minimum Gasteiger partial charge on any atom is -0.451 e. The molecule has 1 fully saturated rings. The highest BCUT2D eigenvalue weighted by Gasteiger charge is 2.26. The first-order chi connectivity index (χ1) is 14.0. The summed E-state index contributed by atoms with van der Waals surface area (Å²) in [5, 5.41) is 4.04. The lowest BCUT2D eigenvalue weighted by Crippen LogP contribution is -2.37. The highest BCUT2D eigenvalue weighted by atomic mass is 79.9. The lowest BCUT2D eigenvalue weighted by molar-refractivity contribution is 0.0910. The van der Waals surface area contributed by atoms with Crippen LogP contribution in [0, 0.1) is 0 Å². The van der Waals surface area contributed by atoms with Crippen LogP contribution in [0.1, 0.15) is 35.0 Å². The van der Waals surface area contributed by atoms with Gasteiger partial charge in [-0.3, -0.25) is 14.5 Å². The van der Waals surface area contributed by atoms with Crippen molar-refractivity contribution in [2.75, 3.05) is 19.6 Å². The van der Waals surface area contributed by atoms with E-state index in [0.717, 1.165) is 36.0 Å². The molecule has 1 aromatic heterocycles. The zero-order valence-corrected chi connectivity index (χ0v) is 18.0. The molecular weight excluding hydrogens is 456 g/mol. The molecule has 150 valence electrons. The van der Waals surface area contributed by atoms with Gasteiger partial charge in [-0.25, -0.2) is 0 Å². The quantitative estimate of drug-likeness (QED) is 0.577. The molecule has 29 heavy (non-hydrogen) atoms. The van der Waals surface area contributed by atoms with Crippen molar-refractivity contribution in [1.29, 1.82) is 0 Å². The first kappa shape index (κ1) is 20.1. The molecule has 7 heteroatoms. The molecule has 3 aromatic rings. The van der Waals surface area contributed by atoms with Gasteiger partial charge in [-0.15, -0.1) is 0 Å². The fraction of sp³-hybridized carbons (Fsp3) is 0.273. The minimum atomic E-state index is -0.414. The molecule has 1 aliphatic heterocycles. The smallest absolute Gasteiger partial charge is 0.287 e. The highest BCUT2D eigenvalue weighted by Crippen LogP contribution is 2.29. The van der Waals surface area contributed by atoms with Crippen molar-refractivity contribution in [2.24, 2.45) is 0 Å². The van der Waals surface area contributed by atoms with Crippen molar-refractivity contribution in [3.05, 3.63) is 79.6 Å². The van der Waals surface area contributed by atoms with E-state index >= 15 is 0 Å². The number of nitrogens with zero attached hydrogens (tertiary/aromatic N) is 1. The zero-order chi connectivity index (χ0) is 20.4. The molecular formula is C22H20BrClN2O3. The van der Waals surface area contributed by atoms with Crippen molar-refractivity contribution in [2.45, 2.75) is 18.9 Å². The van der Waals surface area contributed by atoms with Crippen molar-refractivity contribution in [1.82, 2.24) is 10.2 Å². The lowest BCUT2D eigenvalue weighted by Gasteiger charge is -2.28. The van der Waals surface area contributed by atoms with Gasteiger partial charge in [0.1, 0.15) is 5.58 Å². The summed E-state index contributed by atoms with van der Waals surface area (Å²) in [5.74, 6) is -0.410. The van der Waals surface area contributed by atoms with Crippen LogP contribution in [0.4, 0.5) is 0 Å². The largest absolute Gasteiger partial charge is 0.451 e. The van der Waals surface area contributed by atoms with Crippen LogP contribution in [0.3, 0.4) is 0 Å². The third-order valence-electron chi connectivity index (χ3n) is 5.21. The molecule has 0 saturated carbocycles. The van der Waals surface area contributed by atoms with E-state index in [1.807, 2.05) is 24.3 Å². The van der Waals surface area contributed by atoms with Crippen LogP contribution in [0.15, 0.2) is 62.2 Å². The molecule has 1 aliphatic rings. The molecule has 1 unspecified atom stereocenters. The standard InChI is InChI=1S/C22H20BrClN2O3/c23-14-7-8-20-16(11-14)19(27)12-21(29-20)22(28)25-13-18(26-9-3-4-10-26)15-5-1-2-6-17(15)24/h1-2,5-8,11-12,18H,3-4,9-10,13H2,(H,25,28). The predicted octanol–water partition coefficient (Wildman–Crippen LogP) is 4.78. The number of halogens is 2. The van der Waals surface area contributed by atoms with Crippen molar-refractivity contribution < 1.29 is 9.21 Å². The van der Waals surface area contributed by atoms with Gasteiger partial charge >= 0.3 is 0 Å². The summed E-state index contributed by atoms with van der Waals surface area (Å²) in [7, 11) is 0. The number of fused-ring (bicyclic) bond motifs is 1. The fourth-order valence-electron chi connectivity index (χ4n) is 3.75. The van der Waals surface area contributed by atoms with Crippen LogP contribution < -0.4 is 10.7 Å². The van der Waals surface area contributed by atoms with Gasteiger partial charge in [-0.05, 0) is 55.8 Å². The van der Waals surface area contributed by atoms with Crippen LogP contribution in [-0.4, -0.2) is 30.4 Å². The molecule has 2 aromatic carbocycles. The van der Waals surface area contributed by atoms with Crippen molar-refractivity contribution in [3.8, 4) is 0 Å². The summed E-state index contributed by atoms with van der Waals surface area (Å²) in [6, 6.07) is 14.0. The van der Waals surface area contributed by atoms with E-state index in [1.165, 1.54) is 6.07 Å². The number of nitrogens with one attached hydrogen (secondary N) is 1. The van der Waals surface area contributed by atoms with Crippen LogP contribution >= 0.6 is 27.5 Å². The fourth-order valence-corrected chi connectivity index (χ4v) is 4.37. The van der Waals surface area contributed by atoms with Gasteiger partial charge in [-0.2, -0.15) is 0 Å². The summed E-state index contributed by atoms with van der Waals surface area (Å²) in [6.07, 6.45) is 2.26. The van der Waals surface area contributed by atoms with Crippen LogP contribution in [0.25, 0.3) is 11.0 Å². The van der Waals surface area contributed by atoms with Crippen LogP contribution in [-0.2, 0) is 0 Å². The number of benzene rings is 2. The average Bonchev–Trinajstić information content (AvgIpc) is 3.24.